The first kappa shape index (κ1) is 18.5. The van der Waals surface area contributed by atoms with Gasteiger partial charge >= 0.3 is 12.1 Å². The quantitative estimate of drug-likeness (QED) is 0.706. The molecule has 24 heavy (non-hydrogen) atoms. The van der Waals surface area contributed by atoms with Crippen molar-refractivity contribution < 1.29 is 23.9 Å². The minimum Gasteiger partial charge on any atom is -0.467 e. The maximum absolute atomic E-state index is 12.9. The Labute approximate surface area is 142 Å². The molecule has 2 rings (SSSR count). The zero-order valence-electron chi connectivity index (χ0n) is 14.8. The van der Waals surface area contributed by atoms with Gasteiger partial charge in [0.1, 0.15) is 17.7 Å². The SMILES string of the molecule is COC(=O)[C@@H]1CC[C@@H]2CCNC[C@H](NC(=O)OC(C)(C)C)C(=O)N21. The first-order chi connectivity index (χ1) is 11.2. The average Bonchev–Trinajstić information content (AvgIpc) is 2.88. The second kappa shape index (κ2) is 7.38. The number of amides is 2. The fourth-order valence-corrected chi connectivity index (χ4v) is 3.21. The molecule has 2 amide bonds. The van der Waals surface area contributed by atoms with E-state index in [2.05, 4.69) is 10.6 Å². The molecule has 8 heteroatoms. The molecule has 0 aromatic carbocycles. The lowest BCUT2D eigenvalue weighted by atomic mass is 10.1. The van der Waals surface area contributed by atoms with Crippen LogP contribution in [0.25, 0.3) is 0 Å². The number of carbonyl (C=O) groups excluding carboxylic acids is 3. The van der Waals surface area contributed by atoms with Crippen LogP contribution in [0.2, 0.25) is 0 Å². The van der Waals surface area contributed by atoms with Gasteiger partial charge in [0.2, 0.25) is 5.91 Å². The molecular formula is C16H27N3O5. The molecule has 2 N–H and O–H groups in total. The van der Waals surface area contributed by atoms with Crippen molar-refractivity contribution in [1.82, 2.24) is 15.5 Å². The van der Waals surface area contributed by atoms with Crippen LogP contribution in [0, 0.1) is 0 Å². The highest BCUT2D eigenvalue weighted by Crippen LogP contribution is 2.28. The average molecular weight is 341 g/mol. The Kier molecular flexibility index (Phi) is 5.69. The van der Waals surface area contributed by atoms with Crippen LogP contribution in [-0.2, 0) is 19.1 Å². The number of hydrogen-bond donors (Lipinski definition) is 2. The predicted octanol–water partition coefficient (Wildman–Crippen LogP) is 0.406. The molecule has 0 bridgehead atoms. The molecule has 2 heterocycles. The summed E-state index contributed by atoms with van der Waals surface area (Å²) >= 11 is 0. The molecule has 2 aliphatic rings. The van der Waals surface area contributed by atoms with E-state index >= 15 is 0 Å². The third kappa shape index (κ3) is 4.37. The number of hydrogen-bond acceptors (Lipinski definition) is 6. The Hall–Kier alpha value is -1.83. The van der Waals surface area contributed by atoms with E-state index in [1.54, 1.807) is 25.7 Å². The second-order valence-corrected chi connectivity index (χ2v) is 7.21. The number of ether oxygens (including phenoxy) is 2. The summed E-state index contributed by atoms with van der Waals surface area (Å²) in [5.74, 6) is -0.679. The number of esters is 1. The standard InChI is InChI=1S/C16H27N3O5/c1-16(2,3)24-15(22)18-11-9-17-8-7-10-5-6-12(14(21)23-4)19(10)13(11)20/h10-12,17H,5-9H2,1-4H3,(H,18,22)/t10-,11+,12+/m1/s1. The first-order valence-electron chi connectivity index (χ1n) is 8.33. The number of nitrogens with one attached hydrogen (secondary N) is 2. The smallest absolute Gasteiger partial charge is 0.408 e. The molecule has 136 valence electrons. The van der Waals surface area contributed by atoms with E-state index in [9.17, 15) is 14.4 Å². The molecule has 0 spiro atoms. The number of methoxy groups -OCH3 is 1. The van der Waals surface area contributed by atoms with Gasteiger partial charge in [-0.1, -0.05) is 0 Å². The van der Waals surface area contributed by atoms with E-state index < -0.39 is 29.7 Å². The van der Waals surface area contributed by atoms with Crippen molar-refractivity contribution in [3.8, 4) is 0 Å². The number of fused-ring (bicyclic) bond motifs is 1. The van der Waals surface area contributed by atoms with Crippen LogP contribution in [0.1, 0.15) is 40.0 Å². The van der Waals surface area contributed by atoms with Crippen LogP contribution in [-0.4, -0.2) is 66.8 Å². The molecule has 2 fully saturated rings. The van der Waals surface area contributed by atoms with Gasteiger partial charge < -0.3 is 25.0 Å². The van der Waals surface area contributed by atoms with Crippen LogP contribution >= 0.6 is 0 Å². The van der Waals surface area contributed by atoms with Gasteiger partial charge in [-0.15, -0.1) is 0 Å². The van der Waals surface area contributed by atoms with Crippen LogP contribution in [0.3, 0.4) is 0 Å². The lowest BCUT2D eigenvalue weighted by Gasteiger charge is -2.35. The van der Waals surface area contributed by atoms with Crippen molar-refractivity contribution in [3.05, 3.63) is 0 Å². The lowest BCUT2D eigenvalue weighted by molar-refractivity contribution is -0.153. The summed E-state index contributed by atoms with van der Waals surface area (Å²) in [6, 6.07) is -1.36. The number of alkyl carbamates (subject to hydrolysis) is 1. The molecule has 0 aliphatic carbocycles. The Balaban J connectivity index is 2.12. The summed E-state index contributed by atoms with van der Waals surface area (Å²) in [6.07, 6.45) is 1.47. The maximum Gasteiger partial charge on any atom is 0.408 e. The highest BCUT2D eigenvalue weighted by atomic mass is 16.6. The van der Waals surface area contributed by atoms with Crippen molar-refractivity contribution in [2.24, 2.45) is 0 Å². The fourth-order valence-electron chi connectivity index (χ4n) is 3.21. The third-order valence-electron chi connectivity index (χ3n) is 4.22. The lowest BCUT2D eigenvalue weighted by Crippen LogP contribution is -2.59. The summed E-state index contributed by atoms with van der Waals surface area (Å²) in [5, 5.41) is 5.79. The van der Waals surface area contributed by atoms with E-state index in [0.29, 0.717) is 13.0 Å². The van der Waals surface area contributed by atoms with Crippen LogP contribution < -0.4 is 10.6 Å². The van der Waals surface area contributed by atoms with Crippen molar-refractivity contribution in [3.63, 3.8) is 0 Å². The van der Waals surface area contributed by atoms with Gasteiger partial charge in [0.25, 0.3) is 0 Å². The van der Waals surface area contributed by atoms with Crippen LogP contribution in [0.15, 0.2) is 0 Å². The van der Waals surface area contributed by atoms with Crippen LogP contribution in [0.5, 0.6) is 0 Å². The molecule has 0 aromatic rings. The van der Waals surface area contributed by atoms with Gasteiger partial charge in [-0.3, -0.25) is 4.79 Å². The normalized spacial score (nSPS) is 27.8. The summed E-state index contributed by atoms with van der Waals surface area (Å²) in [6.45, 7) is 6.29. The van der Waals surface area contributed by atoms with E-state index in [0.717, 1.165) is 19.4 Å². The minimum atomic E-state index is -0.770. The summed E-state index contributed by atoms with van der Waals surface area (Å²) in [7, 11) is 1.32. The molecule has 0 unspecified atom stereocenters. The summed E-state index contributed by atoms with van der Waals surface area (Å²) in [5.41, 5.74) is -0.646. The Bertz CT molecular complexity index is 502. The van der Waals surface area contributed by atoms with E-state index in [1.165, 1.54) is 7.11 Å². The van der Waals surface area contributed by atoms with Crippen molar-refractivity contribution in [2.45, 2.75) is 63.8 Å². The van der Waals surface area contributed by atoms with Crippen LogP contribution in [0.4, 0.5) is 4.79 Å². The number of carbonyl (C=O) groups is 3. The van der Waals surface area contributed by atoms with E-state index in [1.807, 2.05) is 0 Å². The molecule has 0 aromatic heterocycles. The van der Waals surface area contributed by atoms with Crippen molar-refractivity contribution in [1.29, 1.82) is 0 Å². The molecular weight excluding hydrogens is 314 g/mol. The van der Waals surface area contributed by atoms with Gasteiger partial charge in [0, 0.05) is 12.6 Å². The van der Waals surface area contributed by atoms with Crippen molar-refractivity contribution >= 4 is 18.0 Å². The number of nitrogens with zero attached hydrogens (tertiary/aromatic N) is 1. The van der Waals surface area contributed by atoms with E-state index in [4.69, 9.17) is 9.47 Å². The van der Waals surface area contributed by atoms with Gasteiger partial charge in [-0.25, -0.2) is 9.59 Å². The molecule has 0 saturated carbocycles. The molecule has 3 atom stereocenters. The minimum absolute atomic E-state index is 0.0164. The number of rotatable bonds is 2. The topological polar surface area (TPSA) is 97.0 Å². The Morgan fingerprint density at radius 2 is 1.96 bits per heavy atom. The molecule has 2 saturated heterocycles. The zero-order valence-corrected chi connectivity index (χ0v) is 14.8. The molecule has 8 nitrogen and oxygen atoms in total. The fraction of sp³-hybridized carbons (Fsp3) is 0.812. The van der Waals surface area contributed by atoms with Gasteiger partial charge in [0.05, 0.1) is 7.11 Å². The summed E-state index contributed by atoms with van der Waals surface area (Å²) in [4.78, 5) is 38.5. The highest BCUT2D eigenvalue weighted by molar-refractivity contribution is 5.90. The van der Waals surface area contributed by atoms with Gasteiger partial charge in [-0.2, -0.15) is 0 Å². The largest absolute Gasteiger partial charge is 0.467 e. The van der Waals surface area contributed by atoms with Gasteiger partial charge in [-0.05, 0) is 46.6 Å². The Morgan fingerprint density at radius 1 is 1.25 bits per heavy atom. The summed E-state index contributed by atoms with van der Waals surface area (Å²) < 4.78 is 10.1. The van der Waals surface area contributed by atoms with E-state index in [-0.39, 0.29) is 11.9 Å². The van der Waals surface area contributed by atoms with Gasteiger partial charge in [0.15, 0.2) is 0 Å². The second-order valence-electron chi connectivity index (χ2n) is 7.21. The Morgan fingerprint density at radius 3 is 2.58 bits per heavy atom. The highest BCUT2D eigenvalue weighted by Gasteiger charge is 2.44. The maximum atomic E-state index is 12.9. The monoisotopic (exact) mass is 341 g/mol. The molecule has 0 radical (unpaired) electrons. The zero-order chi connectivity index (χ0) is 17.9. The predicted molar refractivity (Wildman–Crippen MR) is 86.3 cm³/mol. The molecule has 2 aliphatic heterocycles. The first-order valence-corrected chi connectivity index (χ1v) is 8.33. The van der Waals surface area contributed by atoms with Crippen molar-refractivity contribution in [2.75, 3.05) is 20.2 Å². The third-order valence-corrected chi connectivity index (χ3v) is 4.22.